The smallest absolute Gasteiger partial charge is 0.326 e. The summed E-state index contributed by atoms with van der Waals surface area (Å²) in [6.45, 7) is 0.258. The summed E-state index contributed by atoms with van der Waals surface area (Å²) < 4.78 is 39.0. The van der Waals surface area contributed by atoms with E-state index < -0.39 is 28.2 Å². The van der Waals surface area contributed by atoms with E-state index in [0.717, 1.165) is 23.0 Å². The quantitative estimate of drug-likeness (QED) is 0.279. The summed E-state index contributed by atoms with van der Waals surface area (Å²) in [6, 6.07) is 19.8. The first kappa shape index (κ1) is 27.2. The Bertz CT molecular complexity index is 1360. The molecular formula is C28H31N3O6S. The maximum Gasteiger partial charge on any atom is 0.326 e. The van der Waals surface area contributed by atoms with Crippen molar-refractivity contribution in [1.29, 1.82) is 5.41 Å². The highest BCUT2D eigenvalue weighted by atomic mass is 32.2. The van der Waals surface area contributed by atoms with Crippen molar-refractivity contribution in [2.24, 2.45) is 0 Å². The Hall–Kier alpha value is -3.89. The van der Waals surface area contributed by atoms with Gasteiger partial charge in [0.15, 0.2) is 0 Å². The molecular weight excluding hydrogens is 506 g/mol. The van der Waals surface area contributed by atoms with Gasteiger partial charge in [-0.25, -0.2) is 13.2 Å². The SMILES string of the molecule is COc1cccc(OC)c1-c1ccc(C[C@@H](C(=O)O)N(C=N)C2CCCN2S(=O)(=O)c2ccccc2)cc1. The molecule has 2 N–H and O–H groups in total. The predicted molar refractivity (Wildman–Crippen MR) is 144 cm³/mol. The molecule has 3 aromatic rings. The first-order valence-corrected chi connectivity index (χ1v) is 13.6. The van der Waals surface area contributed by atoms with Crippen LogP contribution in [0.4, 0.5) is 0 Å². The number of carboxylic acid groups (broad SMARTS) is 1. The van der Waals surface area contributed by atoms with Crippen LogP contribution in [0.3, 0.4) is 0 Å². The van der Waals surface area contributed by atoms with Crippen molar-refractivity contribution in [2.75, 3.05) is 20.8 Å². The minimum absolute atomic E-state index is 0.0871. The molecule has 0 aromatic heterocycles. The Labute approximate surface area is 222 Å². The van der Waals surface area contributed by atoms with Gasteiger partial charge in [0, 0.05) is 13.0 Å². The first-order chi connectivity index (χ1) is 18.3. The summed E-state index contributed by atoms with van der Waals surface area (Å²) in [4.78, 5) is 13.9. The summed E-state index contributed by atoms with van der Waals surface area (Å²) in [5.74, 6) is 0.167. The monoisotopic (exact) mass is 537 g/mol. The van der Waals surface area contributed by atoms with Crippen LogP contribution in [0.2, 0.25) is 0 Å². The first-order valence-electron chi connectivity index (χ1n) is 12.2. The van der Waals surface area contributed by atoms with E-state index in [4.69, 9.17) is 14.9 Å². The molecule has 4 rings (SSSR count). The van der Waals surface area contributed by atoms with Gasteiger partial charge >= 0.3 is 5.97 Å². The average Bonchev–Trinajstić information content (AvgIpc) is 3.44. The van der Waals surface area contributed by atoms with Crippen molar-refractivity contribution in [2.45, 2.75) is 36.4 Å². The lowest BCUT2D eigenvalue weighted by molar-refractivity contribution is -0.142. The summed E-state index contributed by atoms with van der Waals surface area (Å²) in [6.07, 6.45) is 1.26. The second-order valence-corrected chi connectivity index (χ2v) is 10.8. The molecule has 3 aromatic carbocycles. The van der Waals surface area contributed by atoms with Crippen LogP contribution < -0.4 is 9.47 Å². The number of aliphatic carboxylic acids is 1. The Morgan fingerprint density at radius 2 is 1.68 bits per heavy atom. The molecule has 1 heterocycles. The van der Waals surface area contributed by atoms with Gasteiger partial charge < -0.3 is 19.5 Å². The van der Waals surface area contributed by atoms with E-state index in [1.54, 1.807) is 32.4 Å². The normalized spacial score (nSPS) is 16.5. The van der Waals surface area contributed by atoms with E-state index in [2.05, 4.69) is 0 Å². The molecule has 0 radical (unpaired) electrons. The Kier molecular flexibility index (Phi) is 8.33. The fourth-order valence-electron chi connectivity index (χ4n) is 4.90. The van der Waals surface area contributed by atoms with Crippen LogP contribution >= 0.6 is 0 Å². The zero-order valence-electron chi connectivity index (χ0n) is 21.3. The minimum atomic E-state index is -3.85. The number of nitrogens with zero attached hydrogens (tertiary/aromatic N) is 2. The topological polar surface area (TPSA) is 120 Å². The van der Waals surface area contributed by atoms with Gasteiger partial charge in [-0.15, -0.1) is 0 Å². The highest BCUT2D eigenvalue weighted by Gasteiger charge is 2.41. The molecule has 0 spiro atoms. The molecule has 1 unspecified atom stereocenters. The van der Waals surface area contributed by atoms with E-state index in [9.17, 15) is 18.3 Å². The van der Waals surface area contributed by atoms with E-state index in [-0.39, 0.29) is 17.9 Å². The molecule has 10 heteroatoms. The number of ether oxygens (including phenoxy) is 2. The van der Waals surface area contributed by atoms with Crippen LogP contribution in [0.15, 0.2) is 77.7 Å². The summed E-state index contributed by atoms with van der Waals surface area (Å²) >= 11 is 0. The number of methoxy groups -OCH3 is 2. The lowest BCUT2D eigenvalue weighted by atomic mass is 9.98. The third-order valence-corrected chi connectivity index (χ3v) is 8.67. The predicted octanol–water partition coefficient (Wildman–Crippen LogP) is 4.09. The number of nitrogens with one attached hydrogen (secondary N) is 1. The number of hydrogen-bond acceptors (Lipinski definition) is 6. The second kappa shape index (κ2) is 11.7. The third-order valence-electron chi connectivity index (χ3n) is 6.76. The highest BCUT2D eigenvalue weighted by Crippen LogP contribution is 2.38. The van der Waals surface area contributed by atoms with E-state index in [0.29, 0.717) is 24.3 Å². The number of rotatable bonds is 11. The van der Waals surface area contributed by atoms with Crippen molar-refractivity contribution < 1.29 is 27.8 Å². The molecule has 38 heavy (non-hydrogen) atoms. The number of hydrogen-bond donors (Lipinski definition) is 2. The maximum absolute atomic E-state index is 13.3. The molecule has 1 aliphatic rings. The minimum Gasteiger partial charge on any atom is -0.496 e. The molecule has 1 fully saturated rings. The van der Waals surface area contributed by atoms with Crippen molar-refractivity contribution in [3.8, 4) is 22.6 Å². The maximum atomic E-state index is 13.3. The number of sulfonamides is 1. The Morgan fingerprint density at radius 1 is 1.05 bits per heavy atom. The van der Waals surface area contributed by atoms with Gasteiger partial charge in [-0.1, -0.05) is 48.5 Å². The molecule has 0 amide bonds. The molecule has 9 nitrogen and oxygen atoms in total. The van der Waals surface area contributed by atoms with Crippen LogP contribution in [0.25, 0.3) is 11.1 Å². The number of carbonyl (C=O) groups is 1. The van der Waals surface area contributed by atoms with Crippen LogP contribution in [0, 0.1) is 5.41 Å². The third kappa shape index (κ3) is 5.36. The van der Waals surface area contributed by atoms with Gasteiger partial charge in [-0.05, 0) is 48.2 Å². The van der Waals surface area contributed by atoms with Crippen LogP contribution in [0.1, 0.15) is 18.4 Å². The largest absolute Gasteiger partial charge is 0.496 e. The summed E-state index contributed by atoms with van der Waals surface area (Å²) in [5.41, 5.74) is 2.36. The van der Waals surface area contributed by atoms with Crippen molar-refractivity contribution in [3.63, 3.8) is 0 Å². The van der Waals surface area contributed by atoms with Gasteiger partial charge in [0.2, 0.25) is 10.0 Å². The van der Waals surface area contributed by atoms with E-state index in [1.807, 2.05) is 42.5 Å². The Balaban J connectivity index is 1.60. The standard InChI is InChI=1S/C28H31N3O6S/c1-36-24-10-6-11-25(37-2)27(24)21-15-13-20(14-16-21)18-23(28(32)33)30(19-29)26-12-7-17-31(26)38(34,35)22-8-4-3-5-9-22/h3-6,8-11,13-16,19,23,26,29H,7,12,17-18H2,1-2H3,(H,32,33)/t23-,26?/m0/s1. The van der Waals surface area contributed by atoms with Crippen molar-refractivity contribution in [3.05, 3.63) is 78.4 Å². The van der Waals surface area contributed by atoms with Crippen LogP contribution in [0.5, 0.6) is 11.5 Å². The molecule has 0 saturated carbocycles. The van der Waals surface area contributed by atoms with Gasteiger partial charge in [0.25, 0.3) is 0 Å². The summed E-state index contributed by atoms with van der Waals surface area (Å²) in [7, 11) is -0.686. The van der Waals surface area contributed by atoms with E-state index in [1.165, 1.54) is 21.3 Å². The Morgan fingerprint density at radius 3 is 2.24 bits per heavy atom. The molecule has 1 saturated heterocycles. The van der Waals surface area contributed by atoms with Crippen LogP contribution in [-0.4, -0.2) is 68.0 Å². The molecule has 0 aliphatic carbocycles. The molecule has 1 aliphatic heterocycles. The van der Waals surface area contributed by atoms with Crippen molar-refractivity contribution in [1.82, 2.24) is 9.21 Å². The zero-order valence-corrected chi connectivity index (χ0v) is 22.1. The zero-order chi connectivity index (χ0) is 27.3. The second-order valence-electron chi connectivity index (χ2n) is 8.92. The van der Waals surface area contributed by atoms with Gasteiger partial charge in [0.1, 0.15) is 17.5 Å². The number of carboxylic acids is 1. The van der Waals surface area contributed by atoms with Crippen LogP contribution in [-0.2, 0) is 21.2 Å². The molecule has 200 valence electrons. The van der Waals surface area contributed by atoms with Gasteiger partial charge in [0.05, 0.1) is 37.2 Å². The average molecular weight is 538 g/mol. The summed E-state index contributed by atoms with van der Waals surface area (Å²) in [5, 5.41) is 18.2. The van der Waals surface area contributed by atoms with Gasteiger partial charge in [-0.3, -0.25) is 5.41 Å². The molecule has 2 atom stereocenters. The lowest BCUT2D eigenvalue weighted by Gasteiger charge is -2.36. The lowest BCUT2D eigenvalue weighted by Crippen LogP contribution is -2.53. The number of benzene rings is 3. The fourth-order valence-corrected chi connectivity index (χ4v) is 6.58. The van der Waals surface area contributed by atoms with E-state index >= 15 is 0 Å². The van der Waals surface area contributed by atoms with Crippen molar-refractivity contribution >= 4 is 22.3 Å². The highest BCUT2D eigenvalue weighted by molar-refractivity contribution is 7.89. The molecule has 0 bridgehead atoms. The van der Waals surface area contributed by atoms with Gasteiger partial charge in [-0.2, -0.15) is 4.31 Å². The fraction of sp³-hybridized carbons (Fsp3) is 0.286.